The van der Waals surface area contributed by atoms with Crippen LogP contribution in [0.4, 0.5) is 0 Å². The summed E-state index contributed by atoms with van der Waals surface area (Å²) in [7, 11) is 0. The van der Waals surface area contributed by atoms with Crippen molar-refractivity contribution in [1.82, 2.24) is 14.5 Å². The second kappa shape index (κ2) is 8.30. The average molecular weight is 552 g/mol. The van der Waals surface area contributed by atoms with Crippen molar-refractivity contribution in [3.63, 3.8) is 0 Å². The van der Waals surface area contributed by atoms with Crippen LogP contribution < -0.4 is 0 Å². The highest BCUT2D eigenvalue weighted by Gasteiger charge is 2.22. The summed E-state index contributed by atoms with van der Waals surface area (Å²) < 4.78 is 14.8. The number of hydrogen-bond donors (Lipinski definition) is 0. The van der Waals surface area contributed by atoms with E-state index in [2.05, 4.69) is 89.5 Å². The number of rotatable bonds is 2. The van der Waals surface area contributed by atoms with Crippen LogP contribution in [0.3, 0.4) is 0 Å². The molecule has 0 saturated carbocycles. The summed E-state index contributed by atoms with van der Waals surface area (Å²) in [5, 5.41) is 7.83. The molecule has 0 aliphatic heterocycles. The third-order valence-corrected chi connectivity index (χ3v) is 8.60. The Labute approximate surface area is 244 Å². The zero-order chi connectivity index (χ0) is 28.1. The van der Waals surface area contributed by atoms with Gasteiger partial charge in [-0.3, -0.25) is 4.57 Å². The smallest absolute Gasteiger partial charge is 0.247 e. The third kappa shape index (κ3) is 3.16. The lowest BCUT2D eigenvalue weighted by atomic mass is 10.1. The number of furan rings is 2. The van der Waals surface area contributed by atoms with Gasteiger partial charge in [0.05, 0.1) is 11.0 Å². The van der Waals surface area contributed by atoms with Crippen molar-refractivity contribution in [2.75, 3.05) is 0 Å². The summed E-state index contributed by atoms with van der Waals surface area (Å²) in [6.45, 7) is 0. The molecule has 4 aromatic heterocycles. The molecule has 0 spiro atoms. The standard InChI is InChI=1S/C38H21N3O2/c1-2-10-23-20-31-29(19-22(23)9-1)25-11-3-6-14-30(25)41(31)37-35(40-38-36(39-37)28-13-5-8-16-33(28)43-38)24-17-18-27-26-12-4-7-15-32(26)42-34(27)21-24/h1-21H. The van der Waals surface area contributed by atoms with Gasteiger partial charge in [-0.15, -0.1) is 0 Å². The van der Waals surface area contributed by atoms with Gasteiger partial charge in [0.15, 0.2) is 5.82 Å². The Kier molecular flexibility index (Phi) is 4.39. The molecular formula is C38H21N3O2. The van der Waals surface area contributed by atoms with Crippen LogP contribution >= 0.6 is 0 Å². The zero-order valence-electron chi connectivity index (χ0n) is 22.8. The van der Waals surface area contributed by atoms with E-state index in [1.165, 1.54) is 21.5 Å². The lowest BCUT2D eigenvalue weighted by Crippen LogP contribution is -2.03. The van der Waals surface area contributed by atoms with E-state index in [0.717, 1.165) is 66.5 Å². The molecule has 10 aromatic rings. The molecule has 0 radical (unpaired) electrons. The summed E-state index contributed by atoms with van der Waals surface area (Å²) in [5.41, 5.74) is 7.47. The summed E-state index contributed by atoms with van der Waals surface area (Å²) in [6, 6.07) is 44.0. The van der Waals surface area contributed by atoms with Crippen LogP contribution in [-0.2, 0) is 0 Å². The van der Waals surface area contributed by atoms with Gasteiger partial charge in [-0.2, -0.15) is 0 Å². The summed E-state index contributed by atoms with van der Waals surface area (Å²) in [6.07, 6.45) is 0. The SMILES string of the molecule is c1ccc2cc3c(cc2c1)c1ccccc1n3-c1nc2c(nc1-c1ccc3c(c1)oc1ccccc13)oc1ccccc12. The summed E-state index contributed by atoms with van der Waals surface area (Å²) in [4.78, 5) is 10.5. The molecule has 0 atom stereocenters. The van der Waals surface area contributed by atoms with Gasteiger partial charge in [-0.05, 0) is 59.3 Å². The van der Waals surface area contributed by atoms with Gasteiger partial charge in [0, 0.05) is 32.5 Å². The molecule has 0 amide bonds. The van der Waals surface area contributed by atoms with Crippen LogP contribution in [0.5, 0.6) is 0 Å². The Morgan fingerprint density at radius 1 is 0.465 bits per heavy atom. The number of aromatic nitrogens is 3. The molecule has 0 aliphatic carbocycles. The van der Waals surface area contributed by atoms with Gasteiger partial charge in [-0.1, -0.05) is 78.9 Å². The van der Waals surface area contributed by atoms with Gasteiger partial charge in [0.2, 0.25) is 5.71 Å². The fourth-order valence-electron chi connectivity index (χ4n) is 6.62. The maximum Gasteiger partial charge on any atom is 0.247 e. The molecular weight excluding hydrogens is 530 g/mol. The van der Waals surface area contributed by atoms with Crippen molar-refractivity contribution in [2.45, 2.75) is 0 Å². The molecule has 200 valence electrons. The first kappa shape index (κ1) is 22.7. The molecule has 0 fully saturated rings. The maximum atomic E-state index is 6.29. The number of benzene rings is 6. The van der Waals surface area contributed by atoms with Crippen molar-refractivity contribution in [3.05, 3.63) is 127 Å². The molecule has 6 aromatic carbocycles. The Balaban J connectivity index is 1.36. The van der Waals surface area contributed by atoms with E-state index in [4.69, 9.17) is 18.8 Å². The van der Waals surface area contributed by atoms with E-state index < -0.39 is 0 Å². The lowest BCUT2D eigenvalue weighted by molar-refractivity contribution is 0.653. The van der Waals surface area contributed by atoms with Crippen molar-refractivity contribution >= 4 is 76.7 Å². The lowest BCUT2D eigenvalue weighted by Gasteiger charge is -2.12. The summed E-state index contributed by atoms with van der Waals surface area (Å²) in [5.74, 6) is 0.746. The normalized spacial score (nSPS) is 12.2. The van der Waals surface area contributed by atoms with Crippen LogP contribution in [0.2, 0.25) is 0 Å². The van der Waals surface area contributed by atoms with E-state index in [0.29, 0.717) is 5.71 Å². The second-order valence-electron chi connectivity index (χ2n) is 11.0. The van der Waals surface area contributed by atoms with Crippen molar-refractivity contribution in [1.29, 1.82) is 0 Å². The van der Waals surface area contributed by atoms with E-state index in [9.17, 15) is 0 Å². The maximum absolute atomic E-state index is 6.29. The molecule has 4 heterocycles. The molecule has 0 saturated heterocycles. The summed E-state index contributed by atoms with van der Waals surface area (Å²) >= 11 is 0. The largest absolute Gasteiger partial charge is 0.456 e. The predicted octanol–water partition coefficient (Wildman–Crippen LogP) is 10.2. The number of para-hydroxylation sites is 3. The van der Waals surface area contributed by atoms with Gasteiger partial charge in [-0.25, -0.2) is 9.97 Å². The molecule has 0 N–H and O–H groups in total. The number of fused-ring (bicyclic) bond motifs is 10. The fraction of sp³-hybridized carbons (Fsp3) is 0. The van der Waals surface area contributed by atoms with E-state index >= 15 is 0 Å². The first-order chi connectivity index (χ1) is 21.3. The van der Waals surface area contributed by atoms with Crippen molar-refractivity contribution < 1.29 is 8.83 Å². The van der Waals surface area contributed by atoms with Gasteiger partial charge < -0.3 is 8.83 Å². The topological polar surface area (TPSA) is 57.0 Å². The highest BCUT2D eigenvalue weighted by molar-refractivity contribution is 6.14. The van der Waals surface area contributed by atoms with Crippen LogP contribution in [0.15, 0.2) is 136 Å². The monoisotopic (exact) mass is 551 g/mol. The highest BCUT2D eigenvalue weighted by atomic mass is 16.3. The van der Waals surface area contributed by atoms with Crippen LogP contribution in [0, 0.1) is 0 Å². The molecule has 5 nitrogen and oxygen atoms in total. The second-order valence-corrected chi connectivity index (χ2v) is 11.0. The predicted molar refractivity (Wildman–Crippen MR) is 174 cm³/mol. The minimum Gasteiger partial charge on any atom is -0.456 e. The quantitative estimate of drug-likeness (QED) is 0.214. The first-order valence-corrected chi connectivity index (χ1v) is 14.3. The van der Waals surface area contributed by atoms with Crippen LogP contribution in [-0.4, -0.2) is 14.5 Å². The van der Waals surface area contributed by atoms with E-state index in [-0.39, 0.29) is 0 Å². The van der Waals surface area contributed by atoms with Crippen LogP contribution in [0.25, 0.3) is 93.8 Å². The molecule has 43 heavy (non-hydrogen) atoms. The average Bonchev–Trinajstić information content (AvgIpc) is 3.71. The van der Waals surface area contributed by atoms with E-state index in [1.54, 1.807) is 0 Å². The molecule has 5 heteroatoms. The number of hydrogen-bond acceptors (Lipinski definition) is 4. The van der Waals surface area contributed by atoms with Gasteiger partial charge in [0.25, 0.3) is 0 Å². The van der Waals surface area contributed by atoms with Crippen LogP contribution in [0.1, 0.15) is 0 Å². The molecule has 10 rings (SSSR count). The highest BCUT2D eigenvalue weighted by Crippen LogP contribution is 2.40. The Bertz CT molecular complexity index is 2750. The van der Waals surface area contributed by atoms with Gasteiger partial charge >= 0.3 is 0 Å². The molecule has 0 unspecified atom stereocenters. The Morgan fingerprint density at radius 3 is 2.00 bits per heavy atom. The van der Waals surface area contributed by atoms with Crippen molar-refractivity contribution in [2.24, 2.45) is 0 Å². The van der Waals surface area contributed by atoms with Gasteiger partial charge in [0.1, 0.15) is 28.0 Å². The Hall–Kier alpha value is -5.94. The van der Waals surface area contributed by atoms with Crippen molar-refractivity contribution in [3.8, 4) is 17.1 Å². The number of nitrogens with zero attached hydrogens (tertiary/aromatic N) is 3. The first-order valence-electron chi connectivity index (χ1n) is 14.3. The zero-order valence-corrected chi connectivity index (χ0v) is 22.8. The minimum atomic E-state index is 0.510. The van der Waals surface area contributed by atoms with E-state index in [1.807, 2.05) is 42.5 Å². The molecule has 0 bridgehead atoms. The fourth-order valence-corrected chi connectivity index (χ4v) is 6.62. The minimum absolute atomic E-state index is 0.510. The Morgan fingerprint density at radius 2 is 1.14 bits per heavy atom. The third-order valence-electron chi connectivity index (χ3n) is 8.60. The molecule has 0 aliphatic rings.